The highest BCUT2D eigenvalue weighted by atomic mass is 16.3. The topological polar surface area (TPSA) is 75.3 Å². The Kier molecular flexibility index (Phi) is 5.97. The summed E-state index contributed by atoms with van der Waals surface area (Å²) in [6.45, 7) is 9.93. The van der Waals surface area contributed by atoms with Crippen molar-refractivity contribution in [3.8, 4) is 0 Å². The Balaban J connectivity index is 4.40. The number of rotatable bonds is 5. The van der Waals surface area contributed by atoms with Crippen LogP contribution < -0.4 is 11.1 Å². The fourth-order valence-electron chi connectivity index (χ4n) is 1.38. The van der Waals surface area contributed by atoms with Gasteiger partial charge in [0.05, 0.1) is 6.04 Å². The molecule has 4 nitrogen and oxygen atoms in total. The van der Waals surface area contributed by atoms with Gasteiger partial charge in [0.1, 0.15) is 0 Å². The molecule has 96 valence electrons. The van der Waals surface area contributed by atoms with Crippen LogP contribution in [-0.2, 0) is 4.79 Å². The third-order valence-corrected chi connectivity index (χ3v) is 2.79. The molecule has 16 heavy (non-hydrogen) atoms. The summed E-state index contributed by atoms with van der Waals surface area (Å²) in [4.78, 5) is 11.9. The number of nitrogens with one attached hydrogen (secondary N) is 1. The Bertz CT molecular complexity index is 222. The SMILES string of the molecule is CC(C)C(CCO)NC(=O)C(N)C(C)(C)C. The zero-order valence-corrected chi connectivity index (χ0v) is 11.1. The summed E-state index contributed by atoms with van der Waals surface area (Å²) in [5, 5.41) is 11.8. The van der Waals surface area contributed by atoms with E-state index in [4.69, 9.17) is 10.8 Å². The first-order chi connectivity index (χ1) is 7.20. The van der Waals surface area contributed by atoms with Gasteiger partial charge in [-0.15, -0.1) is 0 Å². The van der Waals surface area contributed by atoms with Crippen LogP contribution in [-0.4, -0.2) is 29.7 Å². The van der Waals surface area contributed by atoms with Gasteiger partial charge in [0, 0.05) is 12.6 Å². The predicted octanol–water partition coefficient (Wildman–Crippen LogP) is 0.883. The fraction of sp³-hybridized carbons (Fsp3) is 0.917. The van der Waals surface area contributed by atoms with Crippen LogP contribution in [0.25, 0.3) is 0 Å². The van der Waals surface area contributed by atoms with Gasteiger partial charge in [-0.25, -0.2) is 0 Å². The number of amides is 1. The summed E-state index contributed by atoms with van der Waals surface area (Å²) in [6.07, 6.45) is 0.570. The lowest BCUT2D eigenvalue weighted by molar-refractivity contribution is -0.125. The molecule has 0 aliphatic rings. The van der Waals surface area contributed by atoms with E-state index in [9.17, 15) is 4.79 Å². The quantitative estimate of drug-likeness (QED) is 0.656. The maximum Gasteiger partial charge on any atom is 0.237 e. The minimum absolute atomic E-state index is 0.00843. The van der Waals surface area contributed by atoms with Gasteiger partial charge in [0.15, 0.2) is 0 Å². The smallest absolute Gasteiger partial charge is 0.237 e. The molecule has 0 aliphatic heterocycles. The average Bonchev–Trinajstić information content (AvgIpc) is 2.14. The molecule has 0 bridgehead atoms. The Morgan fingerprint density at radius 3 is 2.19 bits per heavy atom. The molecule has 4 N–H and O–H groups in total. The van der Waals surface area contributed by atoms with E-state index in [-0.39, 0.29) is 24.0 Å². The number of aliphatic hydroxyl groups excluding tert-OH is 1. The third-order valence-electron chi connectivity index (χ3n) is 2.79. The normalized spacial score (nSPS) is 16.0. The van der Waals surface area contributed by atoms with Crippen LogP contribution >= 0.6 is 0 Å². The Hall–Kier alpha value is -0.610. The van der Waals surface area contributed by atoms with Gasteiger partial charge in [-0.05, 0) is 17.8 Å². The second-order valence-electron chi connectivity index (χ2n) is 5.72. The number of carbonyl (C=O) groups excluding carboxylic acids is 1. The van der Waals surface area contributed by atoms with E-state index in [1.807, 2.05) is 34.6 Å². The molecule has 0 radical (unpaired) electrons. The minimum atomic E-state index is -0.521. The zero-order valence-electron chi connectivity index (χ0n) is 11.1. The number of hydrogen-bond donors (Lipinski definition) is 3. The molecule has 0 aromatic heterocycles. The van der Waals surface area contributed by atoms with E-state index in [1.54, 1.807) is 0 Å². The molecule has 1 amide bonds. The monoisotopic (exact) mass is 230 g/mol. The van der Waals surface area contributed by atoms with Crippen molar-refractivity contribution < 1.29 is 9.90 Å². The second kappa shape index (κ2) is 6.21. The van der Waals surface area contributed by atoms with Gasteiger partial charge in [-0.2, -0.15) is 0 Å². The zero-order chi connectivity index (χ0) is 12.9. The number of hydrogen-bond acceptors (Lipinski definition) is 3. The van der Waals surface area contributed by atoms with E-state index in [2.05, 4.69) is 5.32 Å². The highest BCUT2D eigenvalue weighted by Crippen LogP contribution is 2.18. The van der Waals surface area contributed by atoms with E-state index in [0.717, 1.165) is 0 Å². The summed E-state index contributed by atoms with van der Waals surface area (Å²) >= 11 is 0. The lowest BCUT2D eigenvalue weighted by Crippen LogP contribution is -2.52. The molecule has 0 rings (SSSR count). The highest BCUT2D eigenvalue weighted by Gasteiger charge is 2.29. The lowest BCUT2D eigenvalue weighted by Gasteiger charge is -2.29. The first-order valence-electron chi connectivity index (χ1n) is 5.87. The maximum atomic E-state index is 11.9. The van der Waals surface area contributed by atoms with Gasteiger partial charge < -0.3 is 16.2 Å². The van der Waals surface area contributed by atoms with E-state index in [1.165, 1.54) is 0 Å². The molecule has 0 saturated heterocycles. The largest absolute Gasteiger partial charge is 0.396 e. The lowest BCUT2D eigenvalue weighted by atomic mass is 9.86. The van der Waals surface area contributed by atoms with Crippen molar-refractivity contribution >= 4 is 5.91 Å². The number of nitrogens with two attached hydrogens (primary N) is 1. The minimum Gasteiger partial charge on any atom is -0.396 e. The van der Waals surface area contributed by atoms with Crippen molar-refractivity contribution in [1.29, 1.82) is 0 Å². The van der Waals surface area contributed by atoms with Crippen LogP contribution in [0.15, 0.2) is 0 Å². The molecule has 0 aromatic rings. The summed E-state index contributed by atoms with van der Waals surface area (Å²) in [7, 11) is 0. The van der Waals surface area contributed by atoms with Gasteiger partial charge in [-0.1, -0.05) is 34.6 Å². The molecule has 0 heterocycles. The van der Waals surface area contributed by atoms with Crippen molar-refractivity contribution in [1.82, 2.24) is 5.32 Å². The first kappa shape index (κ1) is 15.4. The Labute approximate surface area is 98.6 Å². The molecule has 0 fully saturated rings. The summed E-state index contributed by atoms with van der Waals surface area (Å²) < 4.78 is 0. The molecule has 0 spiro atoms. The summed E-state index contributed by atoms with van der Waals surface area (Å²) in [5.41, 5.74) is 5.62. The van der Waals surface area contributed by atoms with Crippen LogP contribution in [0.2, 0.25) is 0 Å². The van der Waals surface area contributed by atoms with Crippen LogP contribution in [0.4, 0.5) is 0 Å². The second-order valence-corrected chi connectivity index (χ2v) is 5.72. The fourth-order valence-corrected chi connectivity index (χ4v) is 1.38. The van der Waals surface area contributed by atoms with Gasteiger partial charge in [0.2, 0.25) is 5.91 Å². The predicted molar refractivity (Wildman–Crippen MR) is 65.9 cm³/mol. The first-order valence-corrected chi connectivity index (χ1v) is 5.87. The molecule has 0 aliphatic carbocycles. The Morgan fingerprint density at radius 2 is 1.88 bits per heavy atom. The maximum absolute atomic E-state index is 11.9. The average molecular weight is 230 g/mol. The van der Waals surface area contributed by atoms with E-state index < -0.39 is 6.04 Å². The van der Waals surface area contributed by atoms with Crippen LogP contribution in [0, 0.1) is 11.3 Å². The molecule has 2 unspecified atom stereocenters. The van der Waals surface area contributed by atoms with Crippen molar-refractivity contribution in [2.24, 2.45) is 17.1 Å². The summed E-state index contributed by atoms with van der Waals surface area (Å²) in [5.74, 6) is 0.155. The molecule has 2 atom stereocenters. The van der Waals surface area contributed by atoms with Crippen molar-refractivity contribution in [3.63, 3.8) is 0 Å². The van der Waals surface area contributed by atoms with Crippen LogP contribution in [0.1, 0.15) is 41.0 Å². The standard InChI is InChI=1S/C12H26N2O2/c1-8(2)9(6-7-15)14-11(16)10(13)12(3,4)5/h8-10,15H,6-7,13H2,1-5H3,(H,14,16). The Morgan fingerprint density at radius 1 is 1.38 bits per heavy atom. The number of aliphatic hydroxyl groups is 1. The highest BCUT2D eigenvalue weighted by molar-refractivity contribution is 5.82. The van der Waals surface area contributed by atoms with E-state index >= 15 is 0 Å². The third kappa shape index (κ3) is 4.94. The summed E-state index contributed by atoms with van der Waals surface area (Å²) in [6, 6.07) is -0.529. The van der Waals surface area contributed by atoms with Crippen LogP contribution in [0.3, 0.4) is 0 Å². The van der Waals surface area contributed by atoms with Gasteiger partial charge in [0.25, 0.3) is 0 Å². The van der Waals surface area contributed by atoms with Gasteiger partial charge >= 0.3 is 0 Å². The van der Waals surface area contributed by atoms with Crippen molar-refractivity contribution in [3.05, 3.63) is 0 Å². The number of carbonyl (C=O) groups is 1. The molecular formula is C12H26N2O2. The molecular weight excluding hydrogens is 204 g/mol. The van der Waals surface area contributed by atoms with Crippen molar-refractivity contribution in [2.75, 3.05) is 6.61 Å². The van der Waals surface area contributed by atoms with E-state index in [0.29, 0.717) is 12.3 Å². The van der Waals surface area contributed by atoms with Crippen LogP contribution in [0.5, 0.6) is 0 Å². The van der Waals surface area contributed by atoms with Gasteiger partial charge in [-0.3, -0.25) is 4.79 Å². The van der Waals surface area contributed by atoms with Crippen molar-refractivity contribution in [2.45, 2.75) is 53.1 Å². The molecule has 0 saturated carbocycles. The molecule has 4 heteroatoms. The molecule has 0 aromatic carbocycles.